The summed E-state index contributed by atoms with van der Waals surface area (Å²) >= 11 is 5.68. The first-order chi connectivity index (χ1) is 18.3. The second-order valence-electron chi connectivity index (χ2n) is 9.74. The zero-order chi connectivity index (χ0) is 28.3. The van der Waals surface area contributed by atoms with Crippen molar-refractivity contribution in [2.75, 3.05) is 31.8 Å². The van der Waals surface area contributed by atoms with E-state index in [-0.39, 0.29) is 11.6 Å². The lowest BCUT2D eigenvalue weighted by Crippen LogP contribution is -2.45. The fourth-order valence-corrected chi connectivity index (χ4v) is 7.41. The molecular formula is C23H29FN7O6PS. The minimum atomic E-state index is -3.54. The molecular weight excluding hydrogens is 552 g/mol. The van der Waals surface area contributed by atoms with Crippen molar-refractivity contribution in [3.8, 4) is 5.75 Å². The summed E-state index contributed by atoms with van der Waals surface area (Å²) in [6.45, 7) is -0.809. The lowest BCUT2D eigenvalue weighted by Gasteiger charge is -2.32. The molecule has 3 heterocycles. The van der Waals surface area contributed by atoms with Crippen LogP contribution in [0.1, 0.15) is 20.1 Å². The van der Waals surface area contributed by atoms with Crippen LogP contribution in [-0.2, 0) is 30.6 Å². The molecule has 0 bridgehead atoms. The van der Waals surface area contributed by atoms with Crippen molar-refractivity contribution in [3.05, 3.63) is 36.7 Å². The molecule has 1 saturated carbocycles. The van der Waals surface area contributed by atoms with Gasteiger partial charge in [0.1, 0.15) is 24.0 Å². The molecule has 39 heavy (non-hydrogen) atoms. The summed E-state index contributed by atoms with van der Waals surface area (Å²) in [4.78, 5) is 26.6. The van der Waals surface area contributed by atoms with Crippen molar-refractivity contribution >= 4 is 47.3 Å². The lowest BCUT2D eigenvalue weighted by atomic mass is 9.97. The molecule has 16 heteroatoms. The van der Waals surface area contributed by atoms with E-state index in [0.717, 1.165) is 0 Å². The van der Waals surface area contributed by atoms with E-state index < -0.39 is 48.4 Å². The highest BCUT2D eigenvalue weighted by Gasteiger charge is 2.85. The Morgan fingerprint density at radius 3 is 2.64 bits per heavy atom. The molecule has 1 unspecified atom stereocenters. The quantitative estimate of drug-likeness (QED) is 0.248. The highest BCUT2D eigenvalue weighted by molar-refractivity contribution is 8.09. The molecule has 0 radical (unpaired) electrons. The van der Waals surface area contributed by atoms with Crippen LogP contribution in [0, 0.1) is 0 Å². The van der Waals surface area contributed by atoms with E-state index in [4.69, 9.17) is 36.1 Å². The number of ether oxygens (including phenoxy) is 2. The highest BCUT2D eigenvalue weighted by atomic mass is 32.5. The monoisotopic (exact) mass is 581 g/mol. The third-order valence-corrected chi connectivity index (χ3v) is 9.24. The predicted octanol–water partition coefficient (Wildman–Crippen LogP) is 1.68. The number of esters is 1. The average Bonchev–Trinajstić information content (AvgIpc) is 3.14. The highest BCUT2D eigenvalue weighted by Crippen LogP contribution is 2.66. The summed E-state index contributed by atoms with van der Waals surface area (Å²) in [5, 5.41) is 14.3. The number of rotatable bonds is 9. The van der Waals surface area contributed by atoms with Crippen LogP contribution < -0.4 is 20.2 Å². The zero-order valence-electron chi connectivity index (χ0n) is 21.8. The van der Waals surface area contributed by atoms with E-state index in [2.05, 4.69) is 20.0 Å². The van der Waals surface area contributed by atoms with E-state index >= 15 is 4.39 Å². The molecule has 3 aromatic rings. The van der Waals surface area contributed by atoms with Crippen molar-refractivity contribution < 1.29 is 32.8 Å². The molecule has 13 nitrogen and oxygen atoms in total. The third kappa shape index (κ3) is 4.52. The average molecular weight is 582 g/mol. The number of alkyl halides is 1. The van der Waals surface area contributed by atoms with Crippen LogP contribution in [-0.4, -0.2) is 81.3 Å². The standard InChI is InChI=1S/C23H29FN7O6PS/c1-12(19(32)34-5)29-38(39,36-13-9-7-6-8-10-13)37-16-15-23(16,33)22(2,24)20(35-15)31-11-26-14-17(30(3)4)27-21(25)28-18(14)31/h6-12,15-16,20,33H,1-5H3,(H,29,39)(H2,25,27,28)/t12-,15+,16?,20+,22-,23-,38+/m0/s1. The van der Waals surface area contributed by atoms with Crippen molar-refractivity contribution in [1.29, 1.82) is 0 Å². The van der Waals surface area contributed by atoms with Crippen molar-refractivity contribution in [2.24, 2.45) is 0 Å². The first-order valence-corrected chi connectivity index (χ1v) is 14.6. The van der Waals surface area contributed by atoms with Gasteiger partial charge in [-0.3, -0.25) is 13.9 Å². The van der Waals surface area contributed by atoms with Crippen molar-refractivity contribution in [1.82, 2.24) is 24.6 Å². The predicted molar refractivity (Wildman–Crippen MR) is 143 cm³/mol. The molecule has 0 amide bonds. The molecule has 2 aliphatic rings. The number of aliphatic hydroxyl groups is 1. The van der Waals surface area contributed by atoms with Gasteiger partial charge >= 0.3 is 12.6 Å². The SMILES string of the molecule is COC(=O)[C@H](C)N[P@@](=S)(Oc1ccccc1)OC1[C@H]2O[C@@H](n3cnc4c(N(C)C)nc(N)nc43)[C@](C)(F)[C@@]12O. The number of benzene rings is 1. The van der Waals surface area contributed by atoms with E-state index in [9.17, 15) is 9.90 Å². The van der Waals surface area contributed by atoms with Gasteiger partial charge in [0.25, 0.3) is 0 Å². The molecule has 2 fully saturated rings. The first-order valence-electron chi connectivity index (χ1n) is 11.9. The van der Waals surface area contributed by atoms with E-state index in [1.807, 2.05) is 0 Å². The summed E-state index contributed by atoms with van der Waals surface area (Å²) in [7, 11) is 4.77. The third-order valence-electron chi connectivity index (χ3n) is 6.78. The first kappa shape index (κ1) is 27.6. The van der Waals surface area contributed by atoms with Gasteiger partial charge in [0.15, 0.2) is 34.5 Å². The number of fused-ring (bicyclic) bond motifs is 2. The van der Waals surface area contributed by atoms with Gasteiger partial charge in [0.2, 0.25) is 5.95 Å². The Morgan fingerprint density at radius 2 is 2.05 bits per heavy atom. The lowest BCUT2D eigenvalue weighted by molar-refractivity contribution is -0.142. The maximum absolute atomic E-state index is 16.5. The van der Waals surface area contributed by atoms with Crippen LogP contribution in [0.2, 0.25) is 0 Å². The minimum Gasteiger partial charge on any atom is -0.468 e. The molecule has 5 rings (SSSR count). The number of carbonyl (C=O) groups is 1. The molecule has 0 spiro atoms. The Labute approximate surface area is 228 Å². The Bertz CT molecular complexity index is 1460. The summed E-state index contributed by atoms with van der Waals surface area (Å²) in [6.07, 6.45) is -2.24. The van der Waals surface area contributed by atoms with Crippen LogP contribution in [0.5, 0.6) is 5.75 Å². The number of para-hydroxylation sites is 1. The molecule has 1 aliphatic heterocycles. The number of hydrogen-bond donors (Lipinski definition) is 3. The van der Waals surface area contributed by atoms with Crippen LogP contribution >= 0.6 is 6.64 Å². The van der Waals surface area contributed by atoms with Gasteiger partial charge in [0, 0.05) is 14.1 Å². The number of halogens is 1. The van der Waals surface area contributed by atoms with Crippen LogP contribution in [0.3, 0.4) is 0 Å². The number of aromatic nitrogens is 4. The Kier molecular flexibility index (Phi) is 6.81. The smallest absolute Gasteiger partial charge is 0.323 e. The van der Waals surface area contributed by atoms with Gasteiger partial charge < -0.3 is 29.7 Å². The van der Waals surface area contributed by atoms with Crippen molar-refractivity contribution in [3.63, 3.8) is 0 Å². The number of nitrogens with two attached hydrogens (primary N) is 1. The molecule has 1 aliphatic carbocycles. The maximum atomic E-state index is 16.5. The second-order valence-corrected chi connectivity index (χ2v) is 12.8. The van der Waals surface area contributed by atoms with Crippen LogP contribution in [0.25, 0.3) is 11.2 Å². The fraction of sp³-hybridized carbons (Fsp3) is 0.478. The summed E-state index contributed by atoms with van der Waals surface area (Å²) < 4.78 is 40.6. The number of nitrogen functional groups attached to an aromatic ring is 1. The molecule has 7 atom stereocenters. The Morgan fingerprint density at radius 1 is 1.36 bits per heavy atom. The van der Waals surface area contributed by atoms with Crippen molar-refractivity contribution in [2.45, 2.75) is 49.6 Å². The summed E-state index contributed by atoms with van der Waals surface area (Å²) in [6, 6.07) is 7.66. The minimum absolute atomic E-state index is 0.0267. The molecule has 1 aromatic carbocycles. The normalized spacial score (nSPS) is 29.9. The van der Waals surface area contributed by atoms with Gasteiger partial charge in [-0.05, 0) is 37.8 Å². The number of nitrogens with one attached hydrogen (secondary N) is 1. The Hall–Kier alpha value is -2.94. The maximum Gasteiger partial charge on any atom is 0.323 e. The van der Waals surface area contributed by atoms with Crippen LogP contribution in [0.4, 0.5) is 16.2 Å². The molecule has 210 valence electrons. The number of anilines is 2. The number of imidazole rings is 1. The van der Waals surface area contributed by atoms with Gasteiger partial charge in [-0.2, -0.15) is 9.97 Å². The van der Waals surface area contributed by atoms with Gasteiger partial charge in [-0.15, -0.1) is 0 Å². The number of methoxy groups -OCH3 is 1. The fourth-order valence-electron chi connectivity index (χ4n) is 4.69. The topological polar surface area (TPSA) is 159 Å². The molecule has 4 N–H and O–H groups in total. The number of nitrogens with zero attached hydrogens (tertiary/aromatic N) is 5. The summed E-state index contributed by atoms with van der Waals surface area (Å²) in [5.41, 5.74) is 2.06. The van der Waals surface area contributed by atoms with Gasteiger partial charge in [-0.25, -0.2) is 14.5 Å². The molecule has 2 aromatic heterocycles. The van der Waals surface area contributed by atoms with E-state index in [1.165, 1.54) is 31.9 Å². The van der Waals surface area contributed by atoms with Gasteiger partial charge in [0.05, 0.1) is 13.4 Å². The largest absolute Gasteiger partial charge is 0.468 e. The number of carbonyl (C=O) groups excluding carboxylic acids is 1. The Balaban J connectivity index is 1.43. The van der Waals surface area contributed by atoms with Crippen LogP contribution in [0.15, 0.2) is 36.7 Å². The van der Waals surface area contributed by atoms with Gasteiger partial charge in [-0.1, -0.05) is 18.2 Å². The molecule has 1 saturated heterocycles. The number of hydrogen-bond acceptors (Lipinski definition) is 12. The summed E-state index contributed by atoms with van der Waals surface area (Å²) in [5.74, 6) is 0.186. The second kappa shape index (κ2) is 9.61. The van der Waals surface area contributed by atoms with E-state index in [1.54, 1.807) is 49.3 Å². The van der Waals surface area contributed by atoms with E-state index in [0.29, 0.717) is 17.1 Å². The zero-order valence-corrected chi connectivity index (χ0v) is 23.5.